The first-order valence-electron chi connectivity index (χ1n) is 25.0. The first-order valence-corrected chi connectivity index (χ1v) is 26.5. The lowest BCUT2D eigenvalue weighted by molar-refractivity contribution is -0.220. The Morgan fingerprint density at radius 3 is 1.19 bits per heavy atom. The van der Waals surface area contributed by atoms with E-state index in [0.717, 1.165) is 89.9 Å². The Kier molecular flexibility index (Phi) is 38.5. The number of allylic oxidation sites excluding steroid dienone is 16. The standard InChI is InChI=1S/C53H87O13P/c1-3-5-7-9-11-13-15-17-19-21-23-25-27-29-31-33-35-37-39-41-46(54)63-43-45(44-64-67(61,62)66-53-51(59)49(57)48(56)50(58)52(53)60)65-47(55)42-40-38-36-34-32-30-28-26-24-22-20-18-16-14-12-10-8-6-4-2/h11-14,17-20,23-26,29-32,45,48-53,56-60H,3-10,15-16,21-22,27-28,33-44H2,1-2H3,(H,61,62)/b13-11+,14-12+,19-17+,20-18+,25-23+,26-24+,31-29+,32-30+/t45-,48?,49-,50?,51?,52?,53?/m0/s1. The van der Waals surface area contributed by atoms with Crippen molar-refractivity contribution in [2.75, 3.05) is 13.2 Å². The number of hydrogen-bond donors (Lipinski definition) is 6. The van der Waals surface area contributed by atoms with Crippen molar-refractivity contribution in [2.45, 2.75) is 211 Å². The van der Waals surface area contributed by atoms with Gasteiger partial charge in [0.25, 0.3) is 0 Å². The van der Waals surface area contributed by atoms with Gasteiger partial charge in [-0.3, -0.25) is 18.6 Å². The number of rotatable bonds is 40. The van der Waals surface area contributed by atoms with E-state index >= 15 is 0 Å². The summed E-state index contributed by atoms with van der Waals surface area (Å²) in [6, 6.07) is 0. The van der Waals surface area contributed by atoms with Crippen LogP contribution in [0.15, 0.2) is 97.2 Å². The van der Waals surface area contributed by atoms with Crippen molar-refractivity contribution in [3.05, 3.63) is 97.2 Å². The summed E-state index contributed by atoms with van der Waals surface area (Å²) in [6.45, 7) is 3.19. The van der Waals surface area contributed by atoms with Gasteiger partial charge in [0, 0.05) is 12.8 Å². The molecule has 382 valence electrons. The maximum absolute atomic E-state index is 12.8. The van der Waals surface area contributed by atoms with Crippen LogP contribution in [0.5, 0.6) is 0 Å². The molecule has 0 saturated heterocycles. The molecule has 0 aromatic heterocycles. The van der Waals surface area contributed by atoms with Gasteiger partial charge < -0.3 is 39.9 Å². The van der Waals surface area contributed by atoms with Crippen LogP contribution in [0.2, 0.25) is 0 Å². The van der Waals surface area contributed by atoms with Crippen LogP contribution in [0, 0.1) is 0 Å². The van der Waals surface area contributed by atoms with Crippen LogP contribution >= 0.6 is 7.82 Å². The number of ether oxygens (including phenoxy) is 2. The topological polar surface area (TPSA) is 210 Å². The third kappa shape index (κ3) is 33.8. The predicted octanol–water partition coefficient (Wildman–Crippen LogP) is 10.6. The zero-order chi connectivity index (χ0) is 49.2. The van der Waals surface area contributed by atoms with Gasteiger partial charge in [0.15, 0.2) is 6.10 Å². The minimum Gasteiger partial charge on any atom is -0.462 e. The van der Waals surface area contributed by atoms with Gasteiger partial charge in [0.1, 0.15) is 43.2 Å². The fourth-order valence-electron chi connectivity index (χ4n) is 6.84. The van der Waals surface area contributed by atoms with Crippen LogP contribution in [-0.2, 0) is 32.7 Å². The molecule has 0 bridgehead atoms. The second-order valence-corrected chi connectivity index (χ2v) is 18.4. The zero-order valence-corrected chi connectivity index (χ0v) is 41.5. The average molecular weight is 963 g/mol. The molecule has 1 saturated carbocycles. The molecule has 67 heavy (non-hydrogen) atoms. The molecule has 6 unspecified atom stereocenters. The first-order chi connectivity index (χ1) is 32.4. The number of aliphatic hydroxyl groups is 5. The van der Waals surface area contributed by atoms with E-state index in [4.69, 9.17) is 18.5 Å². The number of unbranched alkanes of at least 4 members (excludes halogenated alkanes) is 12. The van der Waals surface area contributed by atoms with Crippen molar-refractivity contribution in [2.24, 2.45) is 0 Å². The second-order valence-electron chi connectivity index (χ2n) is 17.0. The van der Waals surface area contributed by atoms with Crippen LogP contribution < -0.4 is 0 Å². The summed E-state index contributed by atoms with van der Waals surface area (Å²) in [5.74, 6) is -1.18. The smallest absolute Gasteiger partial charge is 0.462 e. The molecule has 1 aliphatic rings. The molecule has 13 nitrogen and oxygen atoms in total. The monoisotopic (exact) mass is 963 g/mol. The highest BCUT2D eigenvalue weighted by Gasteiger charge is 2.51. The largest absolute Gasteiger partial charge is 0.472 e. The zero-order valence-electron chi connectivity index (χ0n) is 40.7. The lowest BCUT2D eigenvalue weighted by atomic mass is 9.85. The SMILES string of the molecule is CCCCC/C=C/C/C=C/C/C=C/C/C=C/CCCCCC(=O)OC[C@@H](COP(=O)(O)OC1C(O)C(O)C(O)[C@H](O)C1O)OC(=O)CCCCC/C=C/C/C=C/C/C=C/C/C=C/CCCCC. The van der Waals surface area contributed by atoms with Gasteiger partial charge in [-0.1, -0.05) is 150 Å². The van der Waals surface area contributed by atoms with Crippen LogP contribution in [0.3, 0.4) is 0 Å². The second kappa shape index (κ2) is 41.7. The van der Waals surface area contributed by atoms with Crippen LogP contribution in [0.1, 0.15) is 168 Å². The molecule has 0 aliphatic heterocycles. The van der Waals surface area contributed by atoms with E-state index in [1.165, 1.54) is 38.5 Å². The van der Waals surface area contributed by atoms with Gasteiger partial charge in [-0.05, 0) is 103 Å². The first kappa shape index (κ1) is 61.8. The Morgan fingerprint density at radius 2 is 0.806 bits per heavy atom. The number of carbonyl (C=O) groups is 2. The summed E-state index contributed by atoms with van der Waals surface area (Å²) in [6.07, 6.45) is 43.0. The average Bonchev–Trinajstić information content (AvgIpc) is 3.31. The molecule has 0 radical (unpaired) electrons. The maximum atomic E-state index is 12.8. The molecule has 8 atom stereocenters. The third-order valence-electron chi connectivity index (χ3n) is 10.9. The van der Waals surface area contributed by atoms with Crippen molar-refractivity contribution in [1.82, 2.24) is 0 Å². The molecule has 0 heterocycles. The summed E-state index contributed by atoms with van der Waals surface area (Å²) in [5, 5.41) is 50.2. The molecule has 0 spiro atoms. The van der Waals surface area contributed by atoms with Crippen molar-refractivity contribution in [3.63, 3.8) is 0 Å². The minimum atomic E-state index is -5.15. The fraction of sp³-hybridized carbons (Fsp3) is 0.660. The molecule has 0 aromatic carbocycles. The highest BCUT2D eigenvalue weighted by atomic mass is 31.2. The Labute approximate surface area is 402 Å². The van der Waals surface area contributed by atoms with Crippen LogP contribution in [0.4, 0.5) is 0 Å². The summed E-state index contributed by atoms with van der Waals surface area (Å²) in [5.41, 5.74) is 0. The van der Waals surface area contributed by atoms with Crippen LogP contribution in [0.25, 0.3) is 0 Å². The van der Waals surface area contributed by atoms with Crippen LogP contribution in [-0.4, -0.2) is 98.3 Å². The highest BCUT2D eigenvalue weighted by Crippen LogP contribution is 2.47. The Morgan fingerprint density at radius 1 is 0.463 bits per heavy atom. The summed E-state index contributed by atoms with van der Waals surface area (Å²) in [7, 11) is -5.15. The lowest BCUT2D eigenvalue weighted by Gasteiger charge is -2.41. The Balaban J connectivity index is 2.49. The van der Waals surface area contributed by atoms with Crippen molar-refractivity contribution in [1.29, 1.82) is 0 Å². The summed E-state index contributed by atoms with van der Waals surface area (Å²) >= 11 is 0. The van der Waals surface area contributed by atoms with Gasteiger partial charge in [-0.2, -0.15) is 0 Å². The molecule has 6 N–H and O–H groups in total. The van der Waals surface area contributed by atoms with Gasteiger partial charge in [-0.25, -0.2) is 4.57 Å². The normalized spacial score (nSPS) is 22.0. The predicted molar refractivity (Wildman–Crippen MR) is 267 cm³/mol. The fourth-order valence-corrected chi connectivity index (χ4v) is 7.81. The highest BCUT2D eigenvalue weighted by molar-refractivity contribution is 7.47. The van der Waals surface area contributed by atoms with Crippen molar-refractivity contribution >= 4 is 19.8 Å². The third-order valence-corrected chi connectivity index (χ3v) is 11.9. The molecular weight excluding hydrogens is 876 g/mol. The molecule has 1 fully saturated rings. The Hall–Kier alpha value is -3.23. The van der Waals surface area contributed by atoms with Crippen molar-refractivity contribution < 1.29 is 63.1 Å². The number of aliphatic hydroxyl groups excluding tert-OH is 5. The van der Waals surface area contributed by atoms with E-state index in [0.29, 0.717) is 12.8 Å². The van der Waals surface area contributed by atoms with Gasteiger partial charge in [0.05, 0.1) is 6.61 Å². The van der Waals surface area contributed by atoms with E-state index in [1.54, 1.807) is 0 Å². The summed E-state index contributed by atoms with van der Waals surface area (Å²) in [4.78, 5) is 35.8. The quantitative estimate of drug-likeness (QED) is 0.0146. The van der Waals surface area contributed by atoms with Gasteiger partial charge in [0.2, 0.25) is 0 Å². The van der Waals surface area contributed by atoms with E-state index in [-0.39, 0.29) is 12.8 Å². The van der Waals surface area contributed by atoms with E-state index in [1.807, 2.05) is 0 Å². The number of phosphoric ester groups is 1. The van der Waals surface area contributed by atoms with Gasteiger partial charge >= 0.3 is 19.8 Å². The minimum absolute atomic E-state index is 0.0460. The molecular formula is C53H87O13P. The molecule has 1 rings (SSSR count). The molecule has 0 aromatic rings. The number of hydrogen-bond acceptors (Lipinski definition) is 12. The maximum Gasteiger partial charge on any atom is 0.472 e. The molecule has 1 aliphatic carbocycles. The number of esters is 2. The van der Waals surface area contributed by atoms with Gasteiger partial charge in [-0.15, -0.1) is 0 Å². The molecule has 14 heteroatoms. The molecule has 0 amide bonds. The van der Waals surface area contributed by atoms with E-state index in [2.05, 4.69) is 111 Å². The van der Waals surface area contributed by atoms with E-state index in [9.17, 15) is 44.6 Å². The Bertz CT molecular complexity index is 1530. The lowest BCUT2D eigenvalue weighted by Crippen LogP contribution is -2.64. The number of phosphoric acid groups is 1. The van der Waals surface area contributed by atoms with Crippen molar-refractivity contribution in [3.8, 4) is 0 Å². The van der Waals surface area contributed by atoms with E-state index < -0.39 is 75.7 Å². The summed E-state index contributed by atoms with van der Waals surface area (Å²) < 4.78 is 33.5. The number of carbonyl (C=O) groups excluding carboxylic acids is 2.